The predicted octanol–water partition coefficient (Wildman–Crippen LogP) is 12.1. The molecule has 0 aliphatic carbocycles. The predicted molar refractivity (Wildman–Crippen MR) is 210 cm³/mol. The Morgan fingerprint density at radius 3 is 0.979 bits per heavy atom. The van der Waals surface area contributed by atoms with Crippen molar-refractivity contribution < 1.29 is 9.47 Å². The Morgan fingerprint density at radius 2 is 0.667 bits per heavy atom. The minimum Gasteiger partial charge on any atom is -0.375 e. The minimum absolute atomic E-state index is 0.678. The largest absolute Gasteiger partial charge is 0.375 e. The summed E-state index contributed by atoms with van der Waals surface area (Å²) in [5, 5.41) is 0. The van der Waals surface area contributed by atoms with E-state index < -0.39 is 0 Å². The zero-order valence-corrected chi connectivity index (χ0v) is 32.1. The highest BCUT2D eigenvalue weighted by molar-refractivity contribution is 5.63. The van der Waals surface area contributed by atoms with E-state index in [2.05, 4.69) is 86.3 Å². The lowest BCUT2D eigenvalue weighted by Gasteiger charge is -2.16. The molecule has 0 aliphatic rings. The smallest absolute Gasteiger partial charge is 0.0717 e. The van der Waals surface area contributed by atoms with Crippen molar-refractivity contribution >= 4 is 0 Å². The van der Waals surface area contributed by atoms with Crippen molar-refractivity contribution in [2.75, 3.05) is 53.5 Å². The summed E-state index contributed by atoms with van der Waals surface area (Å²) in [5.74, 6) is 0. The number of hydrogen-bond acceptors (Lipinski definition) is 4. The number of ether oxygens (including phenoxy) is 2. The van der Waals surface area contributed by atoms with Crippen LogP contribution in [0.1, 0.15) is 153 Å². The minimum atomic E-state index is 0.678. The highest BCUT2D eigenvalue weighted by atomic mass is 16.5. The molecule has 2 aromatic carbocycles. The van der Waals surface area contributed by atoms with Crippen LogP contribution in [-0.4, -0.2) is 63.3 Å². The molecule has 0 amide bonds. The van der Waals surface area contributed by atoms with Gasteiger partial charge in [-0.15, -0.1) is 0 Å². The van der Waals surface area contributed by atoms with E-state index in [1.165, 1.54) is 164 Å². The molecule has 2 aromatic rings. The van der Waals surface area contributed by atoms with Crippen molar-refractivity contribution in [3.63, 3.8) is 0 Å². The summed E-state index contributed by atoms with van der Waals surface area (Å²) in [4.78, 5) is 4.84. The zero-order valence-electron chi connectivity index (χ0n) is 32.1. The topological polar surface area (TPSA) is 24.9 Å². The SMILES string of the molecule is CCCCCCCCCCCCN(C)CCOCc1ccc(-c2ccc(COCCN(C)CCCCCCCCCCCC)cc2)cc1. The third-order valence-electron chi connectivity index (χ3n) is 9.80. The number of likely N-dealkylation sites (N-methyl/N-ethyl adjacent to an activating group) is 2. The van der Waals surface area contributed by atoms with Gasteiger partial charge in [-0.3, -0.25) is 0 Å². The maximum atomic E-state index is 6.00. The molecule has 274 valence electrons. The van der Waals surface area contributed by atoms with Gasteiger partial charge in [0.15, 0.2) is 0 Å². The average Bonchev–Trinajstić information content (AvgIpc) is 3.11. The van der Waals surface area contributed by atoms with Crippen LogP contribution in [0, 0.1) is 0 Å². The van der Waals surface area contributed by atoms with Crippen LogP contribution in [0.15, 0.2) is 48.5 Å². The van der Waals surface area contributed by atoms with Gasteiger partial charge in [-0.2, -0.15) is 0 Å². The molecule has 0 saturated carbocycles. The van der Waals surface area contributed by atoms with Crippen LogP contribution < -0.4 is 0 Å². The molecule has 4 nitrogen and oxygen atoms in total. The normalized spacial score (nSPS) is 11.7. The summed E-state index contributed by atoms with van der Waals surface area (Å²) in [6.07, 6.45) is 27.9. The maximum absolute atomic E-state index is 6.00. The second-order valence-electron chi connectivity index (χ2n) is 14.5. The fourth-order valence-electron chi connectivity index (χ4n) is 6.37. The standard InChI is InChI=1S/C44H76N2O2/c1-5-7-9-11-13-15-17-19-21-23-33-45(3)35-37-47-39-41-25-29-43(30-26-41)44-31-27-42(28-32-44)40-48-38-36-46(4)34-24-22-20-18-16-14-12-10-8-6-2/h25-32H,5-24,33-40H2,1-4H3. The van der Waals surface area contributed by atoms with E-state index >= 15 is 0 Å². The van der Waals surface area contributed by atoms with E-state index in [9.17, 15) is 0 Å². The highest BCUT2D eigenvalue weighted by Crippen LogP contribution is 2.21. The Hall–Kier alpha value is -1.72. The van der Waals surface area contributed by atoms with Crippen molar-refractivity contribution in [2.45, 2.75) is 155 Å². The average molecular weight is 665 g/mol. The molecule has 0 fully saturated rings. The molecule has 48 heavy (non-hydrogen) atoms. The summed E-state index contributed by atoms with van der Waals surface area (Å²) in [6.45, 7) is 11.9. The van der Waals surface area contributed by atoms with Crippen molar-refractivity contribution in [1.82, 2.24) is 9.80 Å². The van der Waals surface area contributed by atoms with Gasteiger partial charge in [-0.25, -0.2) is 0 Å². The van der Waals surface area contributed by atoms with Crippen molar-refractivity contribution in [3.05, 3.63) is 59.7 Å². The molecule has 0 saturated heterocycles. The lowest BCUT2D eigenvalue weighted by atomic mass is 10.0. The molecule has 0 aliphatic heterocycles. The summed E-state index contributed by atoms with van der Waals surface area (Å²) >= 11 is 0. The molecular weight excluding hydrogens is 588 g/mol. The summed E-state index contributed by atoms with van der Waals surface area (Å²) in [6, 6.07) is 17.7. The molecule has 4 heteroatoms. The summed E-state index contributed by atoms with van der Waals surface area (Å²) in [5.41, 5.74) is 4.96. The Balaban J connectivity index is 1.47. The first-order valence-corrected chi connectivity index (χ1v) is 20.3. The van der Waals surface area contributed by atoms with E-state index in [0.29, 0.717) is 13.2 Å². The van der Waals surface area contributed by atoms with Crippen molar-refractivity contribution in [3.8, 4) is 11.1 Å². The summed E-state index contributed by atoms with van der Waals surface area (Å²) in [7, 11) is 4.45. The van der Waals surface area contributed by atoms with Gasteiger partial charge >= 0.3 is 0 Å². The van der Waals surface area contributed by atoms with Gasteiger partial charge in [0.2, 0.25) is 0 Å². The molecular formula is C44H76N2O2. The number of rotatable bonds is 33. The molecule has 0 unspecified atom stereocenters. The van der Waals surface area contributed by atoms with E-state index in [-0.39, 0.29) is 0 Å². The van der Waals surface area contributed by atoms with E-state index in [0.717, 1.165) is 26.3 Å². The Labute approximate surface area is 298 Å². The van der Waals surface area contributed by atoms with Crippen LogP contribution in [0.3, 0.4) is 0 Å². The van der Waals surface area contributed by atoms with Gasteiger partial charge in [0.05, 0.1) is 26.4 Å². The first kappa shape index (κ1) is 42.4. The number of nitrogens with zero attached hydrogens (tertiary/aromatic N) is 2. The lowest BCUT2D eigenvalue weighted by Crippen LogP contribution is -2.24. The van der Waals surface area contributed by atoms with Gasteiger partial charge < -0.3 is 19.3 Å². The van der Waals surface area contributed by atoms with Crippen molar-refractivity contribution in [1.29, 1.82) is 0 Å². The number of benzene rings is 2. The molecule has 0 bridgehead atoms. The second kappa shape index (κ2) is 30.1. The molecule has 0 spiro atoms. The monoisotopic (exact) mass is 665 g/mol. The highest BCUT2D eigenvalue weighted by Gasteiger charge is 2.04. The van der Waals surface area contributed by atoms with Gasteiger partial charge in [-0.1, -0.05) is 178 Å². The first-order valence-electron chi connectivity index (χ1n) is 20.3. The van der Waals surface area contributed by atoms with Gasteiger partial charge in [0.25, 0.3) is 0 Å². The Morgan fingerprint density at radius 1 is 0.375 bits per heavy atom. The fraction of sp³-hybridized carbons (Fsp3) is 0.727. The van der Waals surface area contributed by atoms with Crippen LogP contribution in [0.2, 0.25) is 0 Å². The molecule has 2 rings (SSSR count). The zero-order chi connectivity index (χ0) is 34.3. The third-order valence-corrected chi connectivity index (χ3v) is 9.80. The van der Waals surface area contributed by atoms with Crippen LogP contribution in [0.25, 0.3) is 11.1 Å². The number of unbranched alkanes of at least 4 members (excludes halogenated alkanes) is 18. The van der Waals surface area contributed by atoms with E-state index in [1.54, 1.807) is 0 Å². The van der Waals surface area contributed by atoms with Crippen molar-refractivity contribution in [2.24, 2.45) is 0 Å². The van der Waals surface area contributed by atoms with Crippen LogP contribution in [-0.2, 0) is 22.7 Å². The van der Waals surface area contributed by atoms with Gasteiger partial charge in [-0.05, 0) is 62.3 Å². The molecule has 0 N–H and O–H groups in total. The van der Waals surface area contributed by atoms with Crippen LogP contribution >= 0.6 is 0 Å². The number of hydrogen-bond donors (Lipinski definition) is 0. The second-order valence-corrected chi connectivity index (χ2v) is 14.5. The van der Waals surface area contributed by atoms with Crippen LogP contribution in [0.5, 0.6) is 0 Å². The molecule has 0 radical (unpaired) electrons. The maximum Gasteiger partial charge on any atom is 0.0717 e. The summed E-state index contributed by atoms with van der Waals surface area (Å²) < 4.78 is 12.0. The molecule has 0 atom stereocenters. The third kappa shape index (κ3) is 22.8. The first-order chi connectivity index (χ1) is 23.6. The quantitative estimate of drug-likeness (QED) is 0.0709. The Kier molecular flexibility index (Phi) is 26.6. The molecule has 0 heterocycles. The Bertz CT molecular complexity index is 881. The lowest BCUT2D eigenvalue weighted by molar-refractivity contribution is 0.0991. The van der Waals surface area contributed by atoms with E-state index in [1.807, 2.05) is 0 Å². The van der Waals surface area contributed by atoms with Gasteiger partial charge in [0, 0.05) is 13.1 Å². The fourth-order valence-corrected chi connectivity index (χ4v) is 6.37. The molecule has 0 aromatic heterocycles. The van der Waals surface area contributed by atoms with E-state index in [4.69, 9.17) is 9.47 Å². The van der Waals surface area contributed by atoms with Gasteiger partial charge in [0.1, 0.15) is 0 Å². The van der Waals surface area contributed by atoms with Crippen LogP contribution in [0.4, 0.5) is 0 Å².